The van der Waals surface area contributed by atoms with Crippen LogP contribution in [0.4, 0.5) is 0 Å². The van der Waals surface area contributed by atoms with Gasteiger partial charge in [-0.3, -0.25) is 0 Å². The zero-order valence-electron chi connectivity index (χ0n) is 10.9. The van der Waals surface area contributed by atoms with Gasteiger partial charge < -0.3 is 10.0 Å². The van der Waals surface area contributed by atoms with Gasteiger partial charge in [0.05, 0.1) is 0 Å². The number of rotatable bonds is 4. The number of phenolic OH excluding ortho intramolecular Hbond substituents is 1. The molecular formula is C15H23NO. The van der Waals surface area contributed by atoms with Crippen LogP contribution in [0.25, 0.3) is 0 Å². The lowest BCUT2D eigenvalue weighted by molar-refractivity contribution is 0.359. The average Bonchev–Trinajstić information content (AvgIpc) is 2.72. The van der Waals surface area contributed by atoms with Gasteiger partial charge in [0.1, 0.15) is 5.75 Å². The van der Waals surface area contributed by atoms with Gasteiger partial charge in [-0.2, -0.15) is 0 Å². The molecule has 94 valence electrons. The van der Waals surface area contributed by atoms with Crippen molar-refractivity contribution in [2.75, 3.05) is 20.1 Å². The molecule has 0 saturated carbocycles. The second kappa shape index (κ2) is 5.54. The van der Waals surface area contributed by atoms with Crippen LogP contribution in [0.2, 0.25) is 0 Å². The summed E-state index contributed by atoms with van der Waals surface area (Å²) >= 11 is 0. The fraction of sp³-hybridized carbons (Fsp3) is 0.600. The van der Waals surface area contributed by atoms with Crippen LogP contribution in [-0.4, -0.2) is 30.1 Å². The fourth-order valence-electron chi connectivity index (χ4n) is 3.04. The third-order valence-corrected chi connectivity index (χ3v) is 3.89. The van der Waals surface area contributed by atoms with E-state index >= 15 is 0 Å². The molecule has 2 rings (SSSR count). The molecular weight excluding hydrogens is 210 g/mol. The van der Waals surface area contributed by atoms with Crippen LogP contribution in [-0.2, 0) is 0 Å². The van der Waals surface area contributed by atoms with Crippen molar-refractivity contribution in [1.82, 2.24) is 4.90 Å². The standard InChI is InChI=1S/C15H23NO/c1-3-5-15(13-8-9-16(2)11-13)12-6-4-7-14(17)10-12/h4,6-7,10,13,15,17H,3,5,8-9,11H2,1-2H3. The summed E-state index contributed by atoms with van der Waals surface area (Å²) in [6.07, 6.45) is 3.72. The minimum absolute atomic E-state index is 0.398. The van der Waals surface area contributed by atoms with Crippen molar-refractivity contribution < 1.29 is 5.11 Å². The first-order chi connectivity index (χ1) is 8.20. The predicted octanol–water partition coefficient (Wildman–Crippen LogP) is 3.23. The van der Waals surface area contributed by atoms with E-state index in [9.17, 15) is 5.11 Å². The number of hydrogen-bond donors (Lipinski definition) is 1. The molecule has 1 fully saturated rings. The molecule has 0 spiro atoms. The molecule has 2 unspecified atom stereocenters. The van der Waals surface area contributed by atoms with Crippen molar-refractivity contribution in [1.29, 1.82) is 0 Å². The van der Waals surface area contributed by atoms with Crippen LogP contribution < -0.4 is 0 Å². The predicted molar refractivity (Wildman–Crippen MR) is 71.4 cm³/mol. The Balaban J connectivity index is 2.16. The van der Waals surface area contributed by atoms with Gasteiger partial charge in [-0.05, 0) is 56.0 Å². The Bertz CT molecular complexity index is 364. The lowest BCUT2D eigenvalue weighted by Gasteiger charge is -2.23. The third kappa shape index (κ3) is 3.01. The first-order valence-electron chi connectivity index (χ1n) is 6.68. The fourth-order valence-corrected chi connectivity index (χ4v) is 3.04. The highest BCUT2D eigenvalue weighted by Gasteiger charge is 2.28. The van der Waals surface area contributed by atoms with Crippen LogP contribution in [0.15, 0.2) is 24.3 Å². The second-order valence-corrected chi connectivity index (χ2v) is 5.30. The Morgan fingerprint density at radius 3 is 2.88 bits per heavy atom. The van der Waals surface area contributed by atoms with Gasteiger partial charge in [0.25, 0.3) is 0 Å². The minimum Gasteiger partial charge on any atom is -0.508 e. The molecule has 0 amide bonds. The van der Waals surface area contributed by atoms with E-state index in [1.807, 2.05) is 12.1 Å². The van der Waals surface area contributed by atoms with Gasteiger partial charge in [-0.1, -0.05) is 25.5 Å². The van der Waals surface area contributed by atoms with Gasteiger partial charge >= 0.3 is 0 Å². The van der Waals surface area contributed by atoms with Crippen molar-refractivity contribution in [2.24, 2.45) is 5.92 Å². The topological polar surface area (TPSA) is 23.5 Å². The normalized spacial score (nSPS) is 22.8. The van der Waals surface area contributed by atoms with Crippen LogP contribution in [0.1, 0.15) is 37.7 Å². The first-order valence-corrected chi connectivity index (χ1v) is 6.68. The highest BCUT2D eigenvalue weighted by atomic mass is 16.3. The van der Waals surface area contributed by atoms with E-state index in [-0.39, 0.29) is 0 Å². The van der Waals surface area contributed by atoms with Gasteiger partial charge in [0, 0.05) is 6.54 Å². The maximum Gasteiger partial charge on any atom is 0.115 e. The maximum atomic E-state index is 9.61. The minimum atomic E-state index is 0.398. The summed E-state index contributed by atoms with van der Waals surface area (Å²) in [6, 6.07) is 7.83. The molecule has 0 bridgehead atoms. The number of benzene rings is 1. The van der Waals surface area contributed by atoms with E-state index in [4.69, 9.17) is 0 Å². The van der Waals surface area contributed by atoms with Crippen molar-refractivity contribution >= 4 is 0 Å². The Morgan fingerprint density at radius 1 is 1.47 bits per heavy atom. The smallest absolute Gasteiger partial charge is 0.115 e. The lowest BCUT2D eigenvalue weighted by atomic mass is 9.82. The summed E-state index contributed by atoms with van der Waals surface area (Å²) < 4.78 is 0. The first kappa shape index (κ1) is 12.4. The van der Waals surface area contributed by atoms with Crippen molar-refractivity contribution in [3.05, 3.63) is 29.8 Å². The van der Waals surface area contributed by atoms with E-state index in [2.05, 4.69) is 24.9 Å². The highest BCUT2D eigenvalue weighted by molar-refractivity contribution is 5.30. The molecule has 1 aliphatic rings. The number of hydrogen-bond acceptors (Lipinski definition) is 2. The number of aromatic hydroxyl groups is 1. The molecule has 2 heteroatoms. The van der Waals surface area contributed by atoms with E-state index < -0.39 is 0 Å². The molecule has 17 heavy (non-hydrogen) atoms. The Labute approximate surface area is 104 Å². The van der Waals surface area contributed by atoms with Crippen LogP contribution in [0.3, 0.4) is 0 Å². The lowest BCUT2D eigenvalue weighted by Crippen LogP contribution is -2.18. The Kier molecular flexibility index (Phi) is 4.06. The zero-order chi connectivity index (χ0) is 12.3. The largest absolute Gasteiger partial charge is 0.508 e. The van der Waals surface area contributed by atoms with Crippen LogP contribution in [0, 0.1) is 5.92 Å². The SMILES string of the molecule is CCCC(c1cccc(O)c1)C1CCN(C)C1. The highest BCUT2D eigenvalue weighted by Crippen LogP contribution is 2.36. The number of likely N-dealkylation sites (tertiary alicyclic amines) is 1. The van der Waals surface area contributed by atoms with Crippen LogP contribution in [0.5, 0.6) is 5.75 Å². The molecule has 1 aliphatic heterocycles. The average molecular weight is 233 g/mol. The molecule has 1 saturated heterocycles. The summed E-state index contributed by atoms with van der Waals surface area (Å²) in [5.41, 5.74) is 1.31. The van der Waals surface area contributed by atoms with Crippen molar-refractivity contribution in [3.8, 4) is 5.75 Å². The third-order valence-electron chi connectivity index (χ3n) is 3.89. The number of nitrogens with zero attached hydrogens (tertiary/aromatic N) is 1. The zero-order valence-corrected chi connectivity index (χ0v) is 10.9. The summed E-state index contributed by atoms with van der Waals surface area (Å²) in [7, 11) is 2.20. The Hall–Kier alpha value is -1.02. The van der Waals surface area contributed by atoms with Gasteiger partial charge in [0.15, 0.2) is 0 Å². The molecule has 2 atom stereocenters. The summed E-state index contributed by atoms with van der Waals surface area (Å²) in [5, 5.41) is 9.61. The van der Waals surface area contributed by atoms with Crippen LogP contribution >= 0.6 is 0 Å². The van der Waals surface area contributed by atoms with E-state index in [0.29, 0.717) is 11.7 Å². The van der Waals surface area contributed by atoms with Gasteiger partial charge in [-0.15, -0.1) is 0 Å². The van der Waals surface area contributed by atoms with Crippen molar-refractivity contribution in [3.63, 3.8) is 0 Å². The number of phenols is 1. The summed E-state index contributed by atoms with van der Waals surface area (Å²) in [6.45, 7) is 4.65. The Morgan fingerprint density at radius 2 is 2.29 bits per heavy atom. The molecule has 1 aromatic rings. The summed E-state index contributed by atoms with van der Waals surface area (Å²) in [5.74, 6) is 1.76. The summed E-state index contributed by atoms with van der Waals surface area (Å²) in [4.78, 5) is 2.41. The van der Waals surface area contributed by atoms with E-state index in [1.54, 1.807) is 6.07 Å². The van der Waals surface area contributed by atoms with E-state index in [1.165, 1.54) is 37.9 Å². The molecule has 0 aliphatic carbocycles. The van der Waals surface area contributed by atoms with Gasteiger partial charge in [0.2, 0.25) is 0 Å². The molecule has 1 N–H and O–H groups in total. The molecule has 2 nitrogen and oxygen atoms in total. The van der Waals surface area contributed by atoms with Gasteiger partial charge in [-0.25, -0.2) is 0 Å². The van der Waals surface area contributed by atoms with E-state index in [0.717, 1.165) is 5.92 Å². The molecule has 0 aromatic heterocycles. The second-order valence-electron chi connectivity index (χ2n) is 5.30. The van der Waals surface area contributed by atoms with Crippen molar-refractivity contribution in [2.45, 2.75) is 32.1 Å². The maximum absolute atomic E-state index is 9.61. The molecule has 0 radical (unpaired) electrons. The molecule has 1 heterocycles. The molecule has 1 aromatic carbocycles. The monoisotopic (exact) mass is 233 g/mol. The quantitative estimate of drug-likeness (QED) is 0.863.